The van der Waals surface area contributed by atoms with E-state index in [-0.39, 0.29) is 0 Å². The largest absolute Gasteiger partial charge is 0.332 e. The molecule has 0 saturated carbocycles. The van der Waals surface area contributed by atoms with Crippen molar-refractivity contribution in [1.82, 2.24) is 29.9 Å². The molecule has 2 aromatic heterocycles. The molecule has 2 atom stereocenters. The van der Waals surface area contributed by atoms with Gasteiger partial charge >= 0.3 is 0 Å². The van der Waals surface area contributed by atoms with E-state index in [0.29, 0.717) is 18.0 Å². The van der Waals surface area contributed by atoms with E-state index >= 15 is 0 Å². The molecule has 0 N–H and O–H groups in total. The number of nitrogens with zero attached hydrogens (tertiary/aromatic N) is 7. The Balaban J connectivity index is 1.35. The molecule has 2 aliphatic heterocycles. The van der Waals surface area contributed by atoms with E-state index in [1.54, 1.807) is 0 Å². The minimum absolute atomic E-state index is 0.575. The molecule has 7 nitrogen and oxygen atoms in total. The number of aryl methyl sites for hydroxylation is 2. The van der Waals surface area contributed by atoms with Crippen molar-refractivity contribution in [2.75, 3.05) is 24.5 Å². The number of hydrogen-bond acceptors (Lipinski definition) is 6. The molecule has 0 radical (unpaired) electrons. The van der Waals surface area contributed by atoms with Gasteiger partial charge in [-0.1, -0.05) is 26.0 Å². The summed E-state index contributed by atoms with van der Waals surface area (Å²) >= 11 is 0. The van der Waals surface area contributed by atoms with E-state index in [0.717, 1.165) is 56.2 Å². The van der Waals surface area contributed by atoms with Gasteiger partial charge in [0, 0.05) is 50.3 Å². The van der Waals surface area contributed by atoms with Crippen molar-refractivity contribution >= 4 is 5.95 Å². The first-order valence-electron chi connectivity index (χ1n) is 10.3. The summed E-state index contributed by atoms with van der Waals surface area (Å²) in [5, 5.41) is 8.48. The Morgan fingerprint density at radius 3 is 2.41 bits per heavy atom. The van der Waals surface area contributed by atoms with Gasteiger partial charge in [0.15, 0.2) is 0 Å². The highest BCUT2D eigenvalue weighted by Gasteiger charge is 2.40. The van der Waals surface area contributed by atoms with Gasteiger partial charge in [0.2, 0.25) is 5.95 Å². The quantitative estimate of drug-likeness (QED) is 0.745. The predicted molar refractivity (Wildman–Crippen MR) is 106 cm³/mol. The Hall–Kier alpha value is -2.02. The first-order chi connectivity index (χ1) is 13.1. The summed E-state index contributed by atoms with van der Waals surface area (Å²) in [7, 11) is 0. The second-order valence-corrected chi connectivity index (χ2v) is 8.36. The smallest absolute Gasteiger partial charge is 0.225 e. The standard InChI is InChI=1S/C20H31N7/c1-4-25-13-18-7-8-19(14-25)27(18)20-21-9-16(10-22-20)5-6-17-12-26(24-23-17)11-15(2)3/h9-10,12,15,18-19H,4-8,11,13-14H2,1-3H3. The summed E-state index contributed by atoms with van der Waals surface area (Å²) in [6.07, 6.45) is 10.3. The number of fused-ring (bicyclic) bond motifs is 2. The van der Waals surface area contributed by atoms with Crippen LogP contribution in [0.1, 0.15) is 44.9 Å². The Morgan fingerprint density at radius 2 is 1.78 bits per heavy atom. The van der Waals surface area contributed by atoms with Crippen LogP contribution in [0.2, 0.25) is 0 Å². The van der Waals surface area contributed by atoms with E-state index in [1.165, 1.54) is 12.8 Å². The SMILES string of the molecule is CCN1CC2CCC(C1)N2c1ncc(CCc2cn(CC(C)C)nn2)cn1. The van der Waals surface area contributed by atoms with E-state index in [2.05, 4.69) is 47.1 Å². The molecule has 2 aliphatic rings. The maximum atomic E-state index is 4.71. The number of likely N-dealkylation sites (N-methyl/N-ethyl adjacent to an activating group) is 1. The summed E-state index contributed by atoms with van der Waals surface area (Å²) in [6, 6.07) is 1.15. The van der Waals surface area contributed by atoms with Gasteiger partial charge in [-0.15, -0.1) is 5.10 Å². The van der Waals surface area contributed by atoms with Crippen molar-refractivity contribution in [3.8, 4) is 0 Å². The molecule has 4 rings (SSSR count). The zero-order chi connectivity index (χ0) is 18.8. The first kappa shape index (κ1) is 18.3. The Kier molecular flexibility index (Phi) is 5.38. The number of aromatic nitrogens is 5. The summed E-state index contributed by atoms with van der Waals surface area (Å²) in [5.74, 6) is 1.49. The lowest BCUT2D eigenvalue weighted by molar-refractivity contribution is 0.228. The topological polar surface area (TPSA) is 63.0 Å². The van der Waals surface area contributed by atoms with Crippen LogP contribution in [0.3, 0.4) is 0 Å². The van der Waals surface area contributed by atoms with Crippen LogP contribution in [0.4, 0.5) is 5.95 Å². The summed E-state index contributed by atoms with van der Waals surface area (Å²) in [5.41, 5.74) is 2.20. The van der Waals surface area contributed by atoms with Gasteiger partial charge in [-0.3, -0.25) is 9.58 Å². The highest BCUT2D eigenvalue weighted by molar-refractivity contribution is 5.37. The fraction of sp³-hybridized carbons (Fsp3) is 0.700. The van der Waals surface area contributed by atoms with Crippen LogP contribution in [-0.4, -0.2) is 61.6 Å². The van der Waals surface area contributed by atoms with Gasteiger partial charge < -0.3 is 4.90 Å². The third-order valence-electron chi connectivity index (χ3n) is 5.74. The Labute approximate surface area is 161 Å². The van der Waals surface area contributed by atoms with Gasteiger partial charge in [-0.05, 0) is 43.7 Å². The predicted octanol–water partition coefficient (Wildman–Crippen LogP) is 2.18. The van der Waals surface area contributed by atoms with Gasteiger partial charge in [0.1, 0.15) is 0 Å². The van der Waals surface area contributed by atoms with Gasteiger partial charge in [0.25, 0.3) is 0 Å². The molecule has 2 unspecified atom stereocenters. The summed E-state index contributed by atoms with van der Waals surface area (Å²) in [4.78, 5) is 14.4. The molecule has 4 heterocycles. The zero-order valence-corrected chi connectivity index (χ0v) is 16.8. The molecule has 0 spiro atoms. The van der Waals surface area contributed by atoms with Crippen molar-refractivity contribution in [3.63, 3.8) is 0 Å². The first-order valence-corrected chi connectivity index (χ1v) is 10.3. The molecule has 0 amide bonds. The van der Waals surface area contributed by atoms with Crippen LogP contribution in [0.5, 0.6) is 0 Å². The number of hydrogen-bond donors (Lipinski definition) is 0. The van der Waals surface area contributed by atoms with Crippen molar-refractivity contribution in [2.24, 2.45) is 5.92 Å². The number of rotatable bonds is 7. The van der Waals surface area contributed by atoms with Crippen molar-refractivity contribution in [3.05, 3.63) is 29.8 Å². The Morgan fingerprint density at radius 1 is 1.07 bits per heavy atom. The van der Waals surface area contributed by atoms with Gasteiger partial charge in [-0.25, -0.2) is 9.97 Å². The van der Waals surface area contributed by atoms with Crippen LogP contribution in [0, 0.1) is 5.92 Å². The zero-order valence-electron chi connectivity index (χ0n) is 16.8. The fourth-order valence-electron chi connectivity index (χ4n) is 4.37. The lowest BCUT2D eigenvalue weighted by Crippen LogP contribution is -2.54. The van der Waals surface area contributed by atoms with E-state index in [1.807, 2.05) is 17.1 Å². The normalized spacial score (nSPS) is 22.7. The fourth-order valence-corrected chi connectivity index (χ4v) is 4.37. The van der Waals surface area contributed by atoms with Crippen molar-refractivity contribution in [2.45, 2.75) is 65.1 Å². The van der Waals surface area contributed by atoms with Gasteiger partial charge in [-0.2, -0.15) is 0 Å². The van der Waals surface area contributed by atoms with Crippen LogP contribution in [0.15, 0.2) is 18.6 Å². The van der Waals surface area contributed by atoms with Crippen LogP contribution in [0.25, 0.3) is 0 Å². The molecule has 7 heteroatoms. The van der Waals surface area contributed by atoms with Crippen molar-refractivity contribution in [1.29, 1.82) is 0 Å². The molecule has 2 bridgehead atoms. The maximum Gasteiger partial charge on any atom is 0.225 e. The summed E-state index contributed by atoms with van der Waals surface area (Å²) in [6.45, 7) is 11.0. The molecule has 2 saturated heterocycles. The van der Waals surface area contributed by atoms with Crippen LogP contribution < -0.4 is 4.90 Å². The van der Waals surface area contributed by atoms with Crippen LogP contribution >= 0.6 is 0 Å². The number of anilines is 1. The molecule has 146 valence electrons. The second kappa shape index (κ2) is 7.92. The molecular formula is C20H31N7. The number of likely N-dealkylation sites (tertiary alicyclic amines) is 1. The van der Waals surface area contributed by atoms with E-state index < -0.39 is 0 Å². The van der Waals surface area contributed by atoms with E-state index in [4.69, 9.17) is 9.97 Å². The average molecular weight is 370 g/mol. The molecule has 0 aliphatic carbocycles. The van der Waals surface area contributed by atoms with E-state index in [9.17, 15) is 0 Å². The molecular weight excluding hydrogens is 338 g/mol. The number of piperazine rings is 1. The molecule has 27 heavy (non-hydrogen) atoms. The summed E-state index contributed by atoms with van der Waals surface area (Å²) < 4.78 is 1.94. The molecule has 0 aromatic carbocycles. The van der Waals surface area contributed by atoms with Crippen LogP contribution in [-0.2, 0) is 19.4 Å². The van der Waals surface area contributed by atoms with Gasteiger partial charge in [0.05, 0.1) is 5.69 Å². The minimum Gasteiger partial charge on any atom is -0.332 e. The highest BCUT2D eigenvalue weighted by atomic mass is 15.4. The maximum absolute atomic E-state index is 4.71. The molecule has 2 fully saturated rings. The third kappa shape index (κ3) is 4.13. The lowest BCUT2D eigenvalue weighted by Gasteiger charge is -2.40. The highest BCUT2D eigenvalue weighted by Crippen LogP contribution is 2.32. The minimum atomic E-state index is 0.575. The second-order valence-electron chi connectivity index (χ2n) is 8.36. The average Bonchev–Trinajstić information content (AvgIpc) is 3.21. The van der Waals surface area contributed by atoms with Crippen molar-refractivity contribution < 1.29 is 0 Å². The third-order valence-corrected chi connectivity index (χ3v) is 5.74. The molecule has 2 aromatic rings. The monoisotopic (exact) mass is 369 g/mol. The Bertz CT molecular complexity index is 725. The lowest BCUT2D eigenvalue weighted by atomic mass is 10.1.